The van der Waals surface area contributed by atoms with Crippen LogP contribution in [0.1, 0.15) is 33.3 Å². The number of hydrogen-bond donors (Lipinski definition) is 2. The third kappa shape index (κ3) is 7.32. The normalized spacial score (nSPS) is 13.4. The van der Waals surface area contributed by atoms with E-state index in [0.29, 0.717) is 0 Å². The molecule has 1 rings (SSSR count). The molecule has 0 spiro atoms. The summed E-state index contributed by atoms with van der Waals surface area (Å²) in [6, 6.07) is 8.18. The number of allylic oxidation sites excluding steroid dienone is 8. The molecule has 0 aliphatic rings. The van der Waals surface area contributed by atoms with E-state index >= 15 is 0 Å². The van der Waals surface area contributed by atoms with Crippen molar-refractivity contribution < 1.29 is 0 Å². The van der Waals surface area contributed by atoms with Crippen LogP contribution in [0.4, 0.5) is 5.69 Å². The molecular weight excluding hydrogens is 340 g/mol. The van der Waals surface area contributed by atoms with Gasteiger partial charge in [-0.25, -0.2) is 0 Å². The first-order valence-electron chi connectivity index (χ1n) is 9.55. The van der Waals surface area contributed by atoms with Gasteiger partial charge in [-0.05, 0) is 59.7 Å². The highest BCUT2D eigenvalue weighted by Gasteiger charge is 2.12. The minimum atomic E-state index is 0.103. The molecule has 1 aromatic rings. The van der Waals surface area contributed by atoms with Crippen LogP contribution in [0.25, 0.3) is 5.57 Å². The molecule has 0 heterocycles. The van der Waals surface area contributed by atoms with Crippen molar-refractivity contribution in [2.24, 2.45) is 5.41 Å². The lowest BCUT2D eigenvalue weighted by molar-refractivity contribution is 0.517. The van der Waals surface area contributed by atoms with Gasteiger partial charge in [0.2, 0.25) is 0 Å². The summed E-state index contributed by atoms with van der Waals surface area (Å²) in [4.78, 5) is 0. The van der Waals surface area contributed by atoms with Gasteiger partial charge in [0.1, 0.15) is 0 Å². The van der Waals surface area contributed by atoms with Crippen LogP contribution < -0.4 is 10.6 Å². The molecule has 0 fully saturated rings. The Morgan fingerprint density at radius 3 is 2.32 bits per heavy atom. The average molecular weight is 375 g/mol. The zero-order valence-electron chi connectivity index (χ0n) is 17.8. The topological polar surface area (TPSA) is 24.1 Å². The number of benzene rings is 1. The van der Waals surface area contributed by atoms with E-state index in [2.05, 4.69) is 69.4 Å². The molecular formula is C26H34N2. The quantitative estimate of drug-likeness (QED) is 0.340. The summed E-state index contributed by atoms with van der Waals surface area (Å²) in [7, 11) is 0. The van der Waals surface area contributed by atoms with Crippen molar-refractivity contribution in [3.63, 3.8) is 0 Å². The molecule has 0 aliphatic heterocycles. The Balaban J connectivity index is 2.68. The van der Waals surface area contributed by atoms with Crippen LogP contribution in [0.15, 0.2) is 104 Å². The molecule has 148 valence electrons. The van der Waals surface area contributed by atoms with Crippen molar-refractivity contribution in [1.29, 1.82) is 0 Å². The fourth-order valence-electron chi connectivity index (χ4n) is 2.62. The van der Waals surface area contributed by atoms with E-state index in [1.807, 2.05) is 61.8 Å². The van der Waals surface area contributed by atoms with Gasteiger partial charge in [0.05, 0.1) is 0 Å². The molecule has 0 bridgehead atoms. The van der Waals surface area contributed by atoms with Crippen LogP contribution in [0, 0.1) is 5.41 Å². The Kier molecular flexibility index (Phi) is 9.59. The van der Waals surface area contributed by atoms with Crippen LogP contribution in [0.5, 0.6) is 0 Å². The molecule has 0 saturated carbocycles. The monoisotopic (exact) mass is 374 g/mol. The maximum Gasteiger partial charge on any atom is 0.0459 e. The largest absolute Gasteiger partial charge is 0.387 e. The molecule has 0 aliphatic carbocycles. The van der Waals surface area contributed by atoms with E-state index in [1.54, 1.807) is 0 Å². The number of para-hydroxylation sites is 1. The van der Waals surface area contributed by atoms with Gasteiger partial charge in [-0.15, -0.1) is 0 Å². The van der Waals surface area contributed by atoms with Gasteiger partial charge in [-0.1, -0.05) is 83.0 Å². The minimum Gasteiger partial charge on any atom is -0.387 e. The van der Waals surface area contributed by atoms with Gasteiger partial charge in [0.15, 0.2) is 0 Å². The molecule has 2 heteroatoms. The van der Waals surface area contributed by atoms with Crippen molar-refractivity contribution in [2.75, 3.05) is 11.9 Å². The van der Waals surface area contributed by atoms with E-state index in [-0.39, 0.29) is 5.41 Å². The van der Waals surface area contributed by atoms with Gasteiger partial charge in [0, 0.05) is 17.8 Å². The Morgan fingerprint density at radius 2 is 1.71 bits per heavy atom. The van der Waals surface area contributed by atoms with E-state index in [9.17, 15) is 0 Å². The highest BCUT2D eigenvalue weighted by molar-refractivity contribution is 5.84. The second-order valence-electron chi connectivity index (χ2n) is 7.44. The molecule has 0 radical (unpaired) electrons. The van der Waals surface area contributed by atoms with Crippen LogP contribution >= 0.6 is 0 Å². The summed E-state index contributed by atoms with van der Waals surface area (Å²) in [5.41, 5.74) is 5.64. The van der Waals surface area contributed by atoms with Gasteiger partial charge in [-0.2, -0.15) is 0 Å². The Hall–Kier alpha value is -3.00. The summed E-state index contributed by atoms with van der Waals surface area (Å²) in [5, 5.41) is 6.61. The molecule has 0 saturated heterocycles. The van der Waals surface area contributed by atoms with Crippen molar-refractivity contribution >= 4 is 11.3 Å². The number of hydrogen-bond acceptors (Lipinski definition) is 2. The number of anilines is 1. The maximum atomic E-state index is 3.94. The molecule has 2 N–H and O–H groups in total. The lowest BCUT2D eigenvalue weighted by Gasteiger charge is -2.19. The van der Waals surface area contributed by atoms with Crippen molar-refractivity contribution in [1.82, 2.24) is 5.32 Å². The molecule has 2 nitrogen and oxygen atoms in total. The van der Waals surface area contributed by atoms with E-state index in [4.69, 9.17) is 0 Å². The van der Waals surface area contributed by atoms with Crippen molar-refractivity contribution in [2.45, 2.75) is 27.7 Å². The summed E-state index contributed by atoms with van der Waals surface area (Å²) < 4.78 is 0. The van der Waals surface area contributed by atoms with Gasteiger partial charge < -0.3 is 10.6 Å². The Bertz CT molecular complexity index is 796. The van der Waals surface area contributed by atoms with Crippen LogP contribution in [-0.4, -0.2) is 6.54 Å². The van der Waals surface area contributed by atoms with Gasteiger partial charge in [0.25, 0.3) is 0 Å². The predicted octanol–water partition coefficient (Wildman–Crippen LogP) is 7.02. The predicted molar refractivity (Wildman–Crippen MR) is 127 cm³/mol. The SMILES string of the molecule is C=C/C(=C\C=C\NC/C=C/Nc1ccccc1/C(C=C)=C(\C)C=C)C(C)(C)C. The zero-order chi connectivity index (χ0) is 21.0. The Labute approximate surface area is 171 Å². The zero-order valence-corrected chi connectivity index (χ0v) is 17.8. The first-order chi connectivity index (χ1) is 13.3. The number of nitrogens with one attached hydrogen (secondary N) is 2. The summed E-state index contributed by atoms with van der Waals surface area (Å²) in [5.74, 6) is 0. The molecule has 28 heavy (non-hydrogen) atoms. The van der Waals surface area contributed by atoms with Gasteiger partial charge >= 0.3 is 0 Å². The number of rotatable bonds is 10. The standard InChI is InChI=1S/C26H34N2/c1-8-21(4)23(10-3)24-16-11-12-17-25(24)28-20-14-19-27-18-13-15-22(9-2)26(5,6)7/h8-18,20,27-28H,1-3,19H2,4-7H3/b18-13+,20-14+,22-15+,23-21+. The minimum absolute atomic E-state index is 0.103. The third-order valence-corrected chi connectivity index (χ3v) is 4.32. The maximum absolute atomic E-state index is 3.94. The van der Waals surface area contributed by atoms with Crippen LogP contribution in [-0.2, 0) is 0 Å². The lowest BCUT2D eigenvalue weighted by atomic mass is 9.86. The van der Waals surface area contributed by atoms with E-state index < -0.39 is 0 Å². The first kappa shape index (κ1) is 23.0. The van der Waals surface area contributed by atoms with Crippen molar-refractivity contribution in [3.8, 4) is 0 Å². The van der Waals surface area contributed by atoms with E-state index in [1.165, 1.54) is 5.57 Å². The fraction of sp³-hybridized carbons (Fsp3) is 0.231. The van der Waals surface area contributed by atoms with Gasteiger partial charge in [-0.3, -0.25) is 0 Å². The second-order valence-corrected chi connectivity index (χ2v) is 7.44. The van der Waals surface area contributed by atoms with Crippen LogP contribution in [0.3, 0.4) is 0 Å². The lowest BCUT2D eigenvalue weighted by Crippen LogP contribution is -2.07. The molecule has 1 aromatic carbocycles. The highest BCUT2D eigenvalue weighted by Crippen LogP contribution is 2.27. The second kappa shape index (κ2) is 11.7. The van der Waals surface area contributed by atoms with E-state index in [0.717, 1.165) is 28.9 Å². The molecule has 0 unspecified atom stereocenters. The molecule has 0 aromatic heterocycles. The third-order valence-electron chi connectivity index (χ3n) is 4.32. The Morgan fingerprint density at radius 1 is 1.00 bits per heavy atom. The smallest absolute Gasteiger partial charge is 0.0459 e. The molecule has 0 amide bonds. The first-order valence-corrected chi connectivity index (χ1v) is 9.55. The summed E-state index contributed by atoms with van der Waals surface area (Å²) >= 11 is 0. The van der Waals surface area contributed by atoms with Crippen molar-refractivity contribution in [3.05, 3.63) is 110 Å². The molecule has 0 atom stereocenters. The average Bonchev–Trinajstić information content (AvgIpc) is 2.67. The summed E-state index contributed by atoms with van der Waals surface area (Å²) in [6.45, 7) is 21.0. The summed E-state index contributed by atoms with van der Waals surface area (Å²) in [6.07, 6.45) is 15.7. The highest BCUT2D eigenvalue weighted by atomic mass is 14.9. The fourth-order valence-corrected chi connectivity index (χ4v) is 2.62. The van der Waals surface area contributed by atoms with Crippen LogP contribution in [0.2, 0.25) is 0 Å².